The van der Waals surface area contributed by atoms with E-state index in [1.165, 1.54) is 0 Å². The number of carbonyl (C=O) groups is 2. The minimum absolute atomic E-state index is 0.0467. The van der Waals surface area contributed by atoms with Crippen molar-refractivity contribution in [1.29, 1.82) is 0 Å². The van der Waals surface area contributed by atoms with Crippen LogP contribution < -0.4 is 26.2 Å². The number of rotatable bonds is 18. The van der Waals surface area contributed by atoms with Crippen LogP contribution in [0.4, 0.5) is 11.4 Å². The Morgan fingerprint density at radius 1 is 1.10 bits per heavy atom. The summed E-state index contributed by atoms with van der Waals surface area (Å²) in [5, 5.41) is 15.3. The molecule has 3 fully saturated rings. The molecule has 1 saturated heterocycles. The minimum Gasteiger partial charge on any atom is -0.460 e. The number of primary amides is 1. The Kier molecular flexibility index (Phi) is 11.2. The van der Waals surface area contributed by atoms with E-state index in [1.54, 1.807) is 17.9 Å². The number of nitrogens with two attached hydrogens (primary N) is 2. The van der Waals surface area contributed by atoms with Gasteiger partial charge in [0.2, 0.25) is 21.8 Å². The summed E-state index contributed by atoms with van der Waals surface area (Å²) in [5.41, 5.74) is 15.1. The van der Waals surface area contributed by atoms with Gasteiger partial charge in [0.1, 0.15) is 17.8 Å². The number of hydrogen-bond acceptors (Lipinski definition) is 10. The van der Waals surface area contributed by atoms with Gasteiger partial charge >= 0.3 is 0 Å². The van der Waals surface area contributed by atoms with Crippen molar-refractivity contribution in [2.75, 3.05) is 17.6 Å². The van der Waals surface area contributed by atoms with Crippen LogP contribution in [0.1, 0.15) is 84.6 Å². The summed E-state index contributed by atoms with van der Waals surface area (Å²) in [5.74, 6) is -1.12. The Morgan fingerprint density at radius 2 is 1.85 bits per heavy atom. The summed E-state index contributed by atoms with van der Waals surface area (Å²) in [6.07, 6.45) is 8.96. The van der Waals surface area contributed by atoms with E-state index in [1.807, 2.05) is 67.0 Å². The zero-order valence-electron chi connectivity index (χ0n) is 30.3. The van der Waals surface area contributed by atoms with E-state index in [9.17, 15) is 23.1 Å². The van der Waals surface area contributed by atoms with Crippen molar-refractivity contribution < 1.29 is 27.9 Å². The third-order valence-electron chi connectivity index (χ3n) is 10.7. The number of nitrogen functional groups attached to an aromatic ring is 1. The lowest BCUT2D eigenvalue weighted by atomic mass is 10.0. The second-order valence-corrected chi connectivity index (χ2v) is 17.4. The number of imidazole rings is 1. The molecule has 7 N–H and O–H groups in total. The zero-order valence-corrected chi connectivity index (χ0v) is 31.1. The van der Waals surface area contributed by atoms with Gasteiger partial charge in [0.25, 0.3) is 6.01 Å². The number of unbranched alkanes of at least 4 members (excludes halogenated alkanes) is 3. The molecule has 0 radical (unpaired) electrons. The van der Waals surface area contributed by atoms with Gasteiger partial charge in [-0.2, -0.15) is 4.98 Å². The molecule has 6 atom stereocenters. The van der Waals surface area contributed by atoms with Gasteiger partial charge in [0.05, 0.1) is 28.0 Å². The first kappa shape index (κ1) is 37.6. The Bertz CT molecular complexity index is 1880. The van der Waals surface area contributed by atoms with Gasteiger partial charge in [-0.1, -0.05) is 49.3 Å². The van der Waals surface area contributed by atoms with Crippen molar-refractivity contribution in [2.45, 2.75) is 114 Å². The fraction of sp³-hybridized carbons (Fsp3) is 0.553. The predicted molar refractivity (Wildman–Crippen MR) is 202 cm³/mol. The molecule has 1 aliphatic heterocycles. The van der Waals surface area contributed by atoms with Gasteiger partial charge in [-0.25, -0.2) is 8.42 Å². The van der Waals surface area contributed by atoms with Gasteiger partial charge in [-0.3, -0.25) is 23.8 Å². The van der Waals surface area contributed by atoms with Crippen LogP contribution in [0.3, 0.4) is 0 Å². The lowest BCUT2D eigenvalue weighted by Gasteiger charge is -2.34. The maximum atomic E-state index is 12.7. The number of benzene rings is 2. The van der Waals surface area contributed by atoms with Crippen LogP contribution in [0.15, 0.2) is 60.7 Å². The van der Waals surface area contributed by atoms with Crippen LogP contribution >= 0.6 is 0 Å². The van der Waals surface area contributed by atoms with Crippen molar-refractivity contribution in [3.63, 3.8) is 0 Å². The molecule has 52 heavy (non-hydrogen) atoms. The highest BCUT2D eigenvalue weighted by atomic mass is 32.2. The van der Waals surface area contributed by atoms with Gasteiger partial charge in [0.15, 0.2) is 0 Å². The topological polar surface area (TPSA) is 195 Å². The fourth-order valence-corrected chi connectivity index (χ4v) is 8.48. The van der Waals surface area contributed by atoms with Crippen LogP contribution in [-0.2, 0) is 19.6 Å². The molecule has 2 aliphatic carbocycles. The molecule has 2 aromatic carbocycles. The molecular weight excluding hydrogens is 683 g/mol. The number of para-hydroxylation sites is 2. The van der Waals surface area contributed by atoms with E-state index < -0.39 is 51.0 Å². The highest BCUT2D eigenvalue weighted by Crippen LogP contribution is 2.44. The molecule has 3 aliphatic rings. The number of likely N-dealkylation sites (tertiary alicyclic amines) is 1. The van der Waals surface area contributed by atoms with Crippen LogP contribution in [0.2, 0.25) is 0 Å². The van der Waals surface area contributed by atoms with E-state index in [0.717, 1.165) is 36.9 Å². The third kappa shape index (κ3) is 8.39. The average molecular weight is 736 g/mol. The number of ether oxygens (including phenoxy) is 1. The highest BCUT2D eigenvalue weighted by molar-refractivity contribution is 7.91. The summed E-state index contributed by atoms with van der Waals surface area (Å²) in [6.45, 7) is 6.04. The van der Waals surface area contributed by atoms with Gasteiger partial charge in [-0.15, -0.1) is 0 Å². The standard InChI is InChI=1S/C38H53N7O6S/c1-24(2)45-31-18-12-16-29(39)33(31)42-37(45)51-27-22-32(34(40)46)44(23-27)36(48)30(41-26-14-9-7-10-15-26)17-11-6-4-5-8-13-25-21-28(25)35(47)43-52(49,50)38(3)19-20-38/h7-10,12-16,18,24-25,27-28,30,32,36,41,48H,4-6,11,17,19-23,39H2,1-3H3,(H2,40,46)(H,43,47). The SMILES string of the molecule is CC(C)n1c(OC2CC(C(N)=O)N(C(O)C(CCCCCC=CC3CC3C(=O)NS(=O)(=O)C3(C)CC3)Nc3ccccc3)C2)nc2c(N)cccc21. The Balaban J connectivity index is 1.03. The number of nitrogens with one attached hydrogen (secondary N) is 2. The number of amides is 2. The summed E-state index contributed by atoms with van der Waals surface area (Å²) in [4.78, 5) is 31.7. The maximum absolute atomic E-state index is 12.7. The third-order valence-corrected chi connectivity index (χ3v) is 12.9. The first-order chi connectivity index (χ1) is 24.8. The number of anilines is 2. The largest absolute Gasteiger partial charge is 0.460 e. The summed E-state index contributed by atoms with van der Waals surface area (Å²) < 4.78 is 34.7. The number of aromatic nitrogens is 2. The van der Waals surface area contributed by atoms with Crippen molar-refractivity contribution >= 4 is 44.2 Å². The Hall–Kier alpha value is -4.14. The molecular formula is C38H53N7O6S. The Labute approximate surface area is 306 Å². The van der Waals surface area contributed by atoms with E-state index in [0.29, 0.717) is 49.3 Å². The number of hydrogen-bond donors (Lipinski definition) is 5. The number of aliphatic hydroxyl groups is 1. The number of aliphatic hydroxyl groups excluding tert-OH is 1. The monoisotopic (exact) mass is 735 g/mol. The average Bonchev–Trinajstić information content (AvgIpc) is 3.97. The summed E-state index contributed by atoms with van der Waals surface area (Å²) >= 11 is 0. The number of allylic oxidation sites excluding steroid dienone is 2. The minimum atomic E-state index is -3.61. The number of carbonyl (C=O) groups excluding carboxylic acids is 2. The van der Waals surface area contributed by atoms with Crippen LogP contribution in [0.25, 0.3) is 11.0 Å². The number of sulfonamides is 1. The first-order valence-electron chi connectivity index (χ1n) is 18.5. The van der Waals surface area contributed by atoms with E-state index in [2.05, 4.69) is 16.1 Å². The lowest BCUT2D eigenvalue weighted by Crippen LogP contribution is -2.52. The molecule has 1 aromatic heterocycles. The number of nitrogens with zero attached hydrogens (tertiary/aromatic N) is 3. The molecule has 0 bridgehead atoms. The van der Waals surface area contributed by atoms with Crippen molar-refractivity contribution in [2.24, 2.45) is 17.6 Å². The summed E-state index contributed by atoms with van der Waals surface area (Å²) in [7, 11) is -3.61. The normalized spacial score (nSPS) is 23.9. The van der Waals surface area contributed by atoms with Crippen molar-refractivity contribution in [3.8, 4) is 6.01 Å². The maximum Gasteiger partial charge on any atom is 0.297 e. The molecule has 2 heterocycles. The highest BCUT2D eigenvalue weighted by Gasteiger charge is 2.52. The lowest BCUT2D eigenvalue weighted by molar-refractivity contribution is -0.126. The Morgan fingerprint density at radius 3 is 2.54 bits per heavy atom. The van der Waals surface area contributed by atoms with Crippen LogP contribution in [0, 0.1) is 11.8 Å². The first-order valence-corrected chi connectivity index (χ1v) is 20.0. The van der Waals surface area contributed by atoms with Crippen LogP contribution in [-0.4, -0.2) is 75.5 Å². The van der Waals surface area contributed by atoms with E-state index >= 15 is 0 Å². The van der Waals surface area contributed by atoms with Crippen molar-refractivity contribution in [1.82, 2.24) is 19.2 Å². The molecule has 2 saturated carbocycles. The van der Waals surface area contributed by atoms with Crippen LogP contribution in [0.5, 0.6) is 6.01 Å². The van der Waals surface area contributed by atoms with Gasteiger partial charge in [0, 0.05) is 30.6 Å². The fourth-order valence-electron chi connectivity index (χ4n) is 7.18. The molecule has 282 valence electrons. The van der Waals surface area contributed by atoms with Crippen molar-refractivity contribution in [3.05, 3.63) is 60.7 Å². The van der Waals surface area contributed by atoms with E-state index in [4.69, 9.17) is 21.2 Å². The molecule has 2 amide bonds. The van der Waals surface area contributed by atoms with Gasteiger partial charge in [-0.05, 0) is 89.5 Å². The van der Waals surface area contributed by atoms with Gasteiger partial charge < -0.3 is 26.6 Å². The molecule has 6 unspecified atom stereocenters. The quantitative estimate of drug-likeness (QED) is 0.0708. The molecule has 6 rings (SSSR count). The molecule has 14 heteroatoms. The second-order valence-electron chi connectivity index (χ2n) is 15.2. The summed E-state index contributed by atoms with van der Waals surface area (Å²) in [6, 6.07) is 14.7. The number of fused-ring (bicyclic) bond motifs is 1. The predicted octanol–water partition coefficient (Wildman–Crippen LogP) is 4.45. The molecule has 3 aromatic rings. The molecule has 0 spiro atoms. The zero-order chi connectivity index (χ0) is 37.2. The smallest absolute Gasteiger partial charge is 0.297 e. The molecule has 13 nitrogen and oxygen atoms in total. The van der Waals surface area contributed by atoms with E-state index in [-0.39, 0.29) is 24.4 Å². The second kappa shape index (κ2) is 15.5.